The Balaban J connectivity index is 2.73. The highest BCUT2D eigenvalue weighted by Gasteiger charge is 2.08. The van der Waals surface area contributed by atoms with Crippen LogP contribution in [0.1, 0.15) is 26.3 Å². The van der Waals surface area contributed by atoms with Crippen molar-refractivity contribution in [3.63, 3.8) is 0 Å². The Morgan fingerprint density at radius 3 is 2.57 bits per heavy atom. The smallest absolute Gasteiger partial charge is 0.121 e. The molecular formula is C12H15NO. The third kappa shape index (κ3) is 2.77. The Morgan fingerprint density at radius 2 is 2.00 bits per heavy atom. The summed E-state index contributed by atoms with van der Waals surface area (Å²) in [6.07, 6.45) is 0.170. The Hall–Kier alpha value is -1.49. The van der Waals surface area contributed by atoms with Gasteiger partial charge in [-0.15, -0.1) is 0 Å². The zero-order valence-electron chi connectivity index (χ0n) is 8.82. The molecule has 0 N–H and O–H groups in total. The van der Waals surface area contributed by atoms with Crippen LogP contribution >= 0.6 is 0 Å². The zero-order chi connectivity index (χ0) is 10.6. The Kier molecular flexibility index (Phi) is 3.53. The predicted molar refractivity (Wildman–Crippen MR) is 56.1 cm³/mol. The van der Waals surface area contributed by atoms with Crippen LogP contribution in [0.5, 0.6) is 5.75 Å². The molecule has 1 atom stereocenters. The van der Waals surface area contributed by atoms with Crippen molar-refractivity contribution in [1.82, 2.24) is 0 Å². The molecule has 2 nitrogen and oxygen atoms in total. The Morgan fingerprint density at radius 1 is 1.29 bits per heavy atom. The van der Waals surface area contributed by atoms with Crippen LogP contribution in [0.3, 0.4) is 0 Å². The molecule has 0 saturated heterocycles. The van der Waals surface area contributed by atoms with E-state index in [1.54, 1.807) is 12.1 Å². The molecule has 0 saturated carbocycles. The van der Waals surface area contributed by atoms with Gasteiger partial charge in [0, 0.05) is 0 Å². The Bertz CT molecular complexity index is 338. The minimum absolute atomic E-state index is 0.170. The maximum Gasteiger partial charge on any atom is 0.121 e. The van der Waals surface area contributed by atoms with Crippen molar-refractivity contribution < 1.29 is 4.74 Å². The van der Waals surface area contributed by atoms with Gasteiger partial charge in [0.2, 0.25) is 0 Å². The summed E-state index contributed by atoms with van der Waals surface area (Å²) in [7, 11) is 0. The fraction of sp³-hybridized carbons (Fsp3) is 0.417. The number of nitrogens with zero attached hydrogens (tertiary/aromatic N) is 1. The second kappa shape index (κ2) is 4.66. The van der Waals surface area contributed by atoms with Gasteiger partial charge in [-0.05, 0) is 31.0 Å². The van der Waals surface area contributed by atoms with Crippen molar-refractivity contribution in [3.8, 4) is 11.8 Å². The van der Waals surface area contributed by atoms with E-state index in [9.17, 15) is 0 Å². The van der Waals surface area contributed by atoms with Crippen molar-refractivity contribution in [2.45, 2.75) is 26.9 Å². The minimum Gasteiger partial charge on any atom is -0.490 e. The predicted octanol–water partition coefficient (Wildman–Crippen LogP) is 2.98. The van der Waals surface area contributed by atoms with Crippen LogP contribution < -0.4 is 4.74 Å². The molecule has 14 heavy (non-hydrogen) atoms. The molecule has 0 aliphatic heterocycles. The van der Waals surface area contributed by atoms with Crippen LogP contribution in [0, 0.1) is 17.2 Å². The molecule has 0 radical (unpaired) electrons. The lowest BCUT2D eigenvalue weighted by Gasteiger charge is -2.17. The van der Waals surface area contributed by atoms with Crippen molar-refractivity contribution >= 4 is 0 Å². The molecule has 1 aromatic rings. The van der Waals surface area contributed by atoms with Gasteiger partial charge in [-0.3, -0.25) is 0 Å². The van der Waals surface area contributed by atoms with E-state index >= 15 is 0 Å². The molecule has 1 unspecified atom stereocenters. The molecular weight excluding hydrogens is 174 g/mol. The first-order valence-corrected chi connectivity index (χ1v) is 4.80. The summed E-state index contributed by atoms with van der Waals surface area (Å²) in [5.74, 6) is 1.24. The molecule has 0 aromatic heterocycles. The molecule has 2 heteroatoms. The summed E-state index contributed by atoms with van der Waals surface area (Å²) >= 11 is 0. The first-order chi connectivity index (χ1) is 6.63. The molecule has 1 rings (SSSR count). The maximum absolute atomic E-state index is 8.70. The Labute approximate surface area is 85.1 Å². The standard InChI is InChI=1S/C12H15NO/c1-9(2)10(3)14-12-6-4-5-11(7-12)8-13/h4-7,9-10H,1-3H3. The van der Waals surface area contributed by atoms with Crippen LogP contribution in [0.25, 0.3) is 0 Å². The molecule has 0 bridgehead atoms. The zero-order valence-corrected chi connectivity index (χ0v) is 8.82. The van der Waals surface area contributed by atoms with Crippen molar-refractivity contribution in [3.05, 3.63) is 29.8 Å². The molecule has 0 amide bonds. The minimum atomic E-state index is 0.170. The van der Waals surface area contributed by atoms with E-state index in [2.05, 4.69) is 19.9 Å². The van der Waals surface area contributed by atoms with Crippen LogP contribution in [-0.2, 0) is 0 Å². The SMILES string of the molecule is CC(C)C(C)Oc1cccc(C#N)c1. The van der Waals surface area contributed by atoms with Gasteiger partial charge in [0.25, 0.3) is 0 Å². The third-order valence-electron chi connectivity index (χ3n) is 2.22. The van der Waals surface area contributed by atoms with Crippen LogP contribution in [0.4, 0.5) is 0 Å². The fourth-order valence-corrected chi connectivity index (χ4v) is 0.990. The lowest BCUT2D eigenvalue weighted by atomic mass is 10.1. The monoisotopic (exact) mass is 189 g/mol. The van der Waals surface area contributed by atoms with Gasteiger partial charge >= 0.3 is 0 Å². The fourth-order valence-electron chi connectivity index (χ4n) is 0.990. The number of nitriles is 1. The first kappa shape index (κ1) is 10.6. The topological polar surface area (TPSA) is 33.0 Å². The number of hydrogen-bond acceptors (Lipinski definition) is 2. The molecule has 1 aromatic carbocycles. The largest absolute Gasteiger partial charge is 0.490 e. The van der Waals surface area contributed by atoms with E-state index in [1.165, 1.54) is 0 Å². The molecule has 0 aliphatic rings. The molecule has 0 aliphatic carbocycles. The molecule has 74 valence electrons. The van der Waals surface area contributed by atoms with Gasteiger partial charge in [0.1, 0.15) is 5.75 Å². The molecule has 0 heterocycles. The van der Waals surface area contributed by atoms with Gasteiger partial charge in [0.05, 0.1) is 17.7 Å². The van der Waals surface area contributed by atoms with Crippen molar-refractivity contribution in [1.29, 1.82) is 5.26 Å². The van der Waals surface area contributed by atoms with Crippen LogP contribution in [0.15, 0.2) is 24.3 Å². The number of hydrogen-bond donors (Lipinski definition) is 0. The summed E-state index contributed by atoms with van der Waals surface area (Å²) in [4.78, 5) is 0. The summed E-state index contributed by atoms with van der Waals surface area (Å²) in [6, 6.07) is 9.33. The average Bonchev–Trinajstić information content (AvgIpc) is 2.18. The third-order valence-corrected chi connectivity index (χ3v) is 2.22. The lowest BCUT2D eigenvalue weighted by Crippen LogP contribution is -2.18. The highest BCUT2D eigenvalue weighted by Crippen LogP contribution is 2.16. The number of ether oxygens (including phenoxy) is 1. The van der Waals surface area contributed by atoms with Crippen molar-refractivity contribution in [2.75, 3.05) is 0 Å². The quantitative estimate of drug-likeness (QED) is 0.732. The summed E-state index contributed by atoms with van der Waals surface area (Å²) in [5, 5.41) is 8.70. The number of rotatable bonds is 3. The molecule has 0 spiro atoms. The van der Waals surface area contributed by atoms with Gasteiger partial charge in [0.15, 0.2) is 0 Å². The van der Waals surface area contributed by atoms with E-state index < -0.39 is 0 Å². The van der Waals surface area contributed by atoms with Gasteiger partial charge in [-0.2, -0.15) is 5.26 Å². The highest BCUT2D eigenvalue weighted by atomic mass is 16.5. The van der Waals surface area contributed by atoms with Gasteiger partial charge in [-0.25, -0.2) is 0 Å². The first-order valence-electron chi connectivity index (χ1n) is 4.80. The molecule has 0 fully saturated rings. The van der Waals surface area contributed by atoms with E-state index in [-0.39, 0.29) is 6.10 Å². The lowest BCUT2D eigenvalue weighted by molar-refractivity contribution is 0.170. The second-order valence-corrected chi connectivity index (χ2v) is 3.71. The van der Waals surface area contributed by atoms with Gasteiger partial charge in [-0.1, -0.05) is 19.9 Å². The summed E-state index contributed by atoms with van der Waals surface area (Å²) < 4.78 is 5.67. The van der Waals surface area contributed by atoms with Crippen LogP contribution in [0.2, 0.25) is 0 Å². The number of benzene rings is 1. The van der Waals surface area contributed by atoms with Crippen LogP contribution in [-0.4, -0.2) is 6.10 Å². The van der Waals surface area contributed by atoms with E-state index in [1.807, 2.05) is 19.1 Å². The normalized spacial score (nSPS) is 12.2. The van der Waals surface area contributed by atoms with E-state index in [0.29, 0.717) is 11.5 Å². The highest BCUT2D eigenvalue weighted by molar-refractivity contribution is 5.36. The van der Waals surface area contributed by atoms with Crippen molar-refractivity contribution in [2.24, 2.45) is 5.92 Å². The maximum atomic E-state index is 8.70. The second-order valence-electron chi connectivity index (χ2n) is 3.71. The summed E-state index contributed by atoms with van der Waals surface area (Å²) in [5.41, 5.74) is 0.637. The average molecular weight is 189 g/mol. The van der Waals surface area contributed by atoms with Gasteiger partial charge < -0.3 is 4.74 Å². The van der Waals surface area contributed by atoms with E-state index in [4.69, 9.17) is 10.00 Å². The summed E-state index contributed by atoms with van der Waals surface area (Å²) in [6.45, 7) is 6.25. The van der Waals surface area contributed by atoms with E-state index in [0.717, 1.165) is 5.75 Å².